The van der Waals surface area contributed by atoms with Crippen LogP contribution >= 0.6 is 0 Å². The van der Waals surface area contributed by atoms with Gasteiger partial charge in [0.1, 0.15) is 11.5 Å². The maximum absolute atomic E-state index is 8.63. The molecule has 106 valence electrons. The van der Waals surface area contributed by atoms with Crippen molar-refractivity contribution in [2.75, 3.05) is 6.61 Å². The van der Waals surface area contributed by atoms with E-state index >= 15 is 0 Å². The van der Waals surface area contributed by atoms with Crippen molar-refractivity contribution in [1.29, 1.82) is 0 Å². The van der Waals surface area contributed by atoms with Crippen LogP contribution in [0, 0.1) is 0 Å². The van der Waals surface area contributed by atoms with Crippen molar-refractivity contribution in [3.8, 4) is 11.5 Å². The van der Waals surface area contributed by atoms with Gasteiger partial charge < -0.3 is 14.0 Å². The summed E-state index contributed by atoms with van der Waals surface area (Å²) in [6.45, 7) is 1.06. The molecule has 1 fully saturated rings. The lowest BCUT2D eigenvalue weighted by atomic mass is 10.3. The molecule has 2 aromatic rings. The smallest absolute Gasteiger partial charge is 0.435 e. The van der Waals surface area contributed by atoms with Crippen molar-refractivity contribution in [1.82, 2.24) is 0 Å². The Hall–Kier alpha value is -1.47. The van der Waals surface area contributed by atoms with Crippen molar-refractivity contribution in [2.45, 2.75) is 18.1 Å². The van der Waals surface area contributed by atoms with Gasteiger partial charge in [0.05, 0.1) is 0 Å². The van der Waals surface area contributed by atoms with E-state index in [-0.39, 0.29) is 15.6 Å². The molecule has 0 amide bonds. The van der Waals surface area contributed by atoms with Crippen LogP contribution in [0.4, 0.5) is 0 Å². The zero-order valence-electron chi connectivity index (χ0n) is 11.6. The molecular weight excluding hydrogens is 267 g/mol. The van der Waals surface area contributed by atoms with Crippen LogP contribution in [0.1, 0.15) is 12.8 Å². The van der Waals surface area contributed by atoms with Gasteiger partial charge in [-0.25, -0.2) is 0 Å². The van der Waals surface area contributed by atoms with E-state index in [1.54, 1.807) is 48.5 Å². The third-order valence-corrected chi connectivity index (χ3v) is 3.96. The van der Waals surface area contributed by atoms with Gasteiger partial charge in [-0.05, 0) is 30.7 Å². The van der Waals surface area contributed by atoms with Gasteiger partial charge in [-0.2, -0.15) is 0 Å². The highest BCUT2D eigenvalue weighted by Gasteiger charge is 2.00. The van der Waals surface area contributed by atoms with Gasteiger partial charge in [0, 0.05) is 6.61 Å². The Kier molecular flexibility index (Phi) is 9.43. The number of hydrogen-bond donors (Lipinski definition) is 2. The van der Waals surface area contributed by atoms with E-state index in [1.165, 1.54) is 18.1 Å². The monoisotopic (exact) mass is 288 g/mol. The largest absolute Gasteiger partial charge is 0.508 e. The lowest BCUT2D eigenvalue weighted by molar-refractivity contribution is 0.304. The van der Waals surface area contributed by atoms with Gasteiger partial charge in [-0.15, -0.1) is 0 Å². The minimum absolute atomic E-state index is 0.00849. The molecule has 4 heteroatoms. The van der Waals surface area contributed by atoms with Gasteiger partial charge in [-0.3, -0.25) is 0 Å². The Morgan fingerprint density at radius 2 is 1.25 bits per heavy atom. The predicted octanol–water partition coefficient (Wildman–Crippen LogP) is 3.35. The molecule has 20 heavy (non-hydrogen) atoms. The molecule has 0 aromatic heterocycles. The molecular formula is C16H21AlO3. The van der Waals surface area contributed by atoms with E-state index in [0.717, 1.165) is 6.61 Å². The molecule has 2 aromatic carbocycles. The summed E-state index contributed by atoms with van der Waals surface area (Å²) < 4.78 is 5.21. The SMILES string of the molecule is C1C[CH2][AlH][O]C1.Oc1ccccc1.Oc1ccccc1. The van der Waals surface area contributed by atoms with Crippen LogP contribution in [0.2, 0.25) is 5.28 Å². The Morgan fingerprint density at radius 1 is 0.750 bits per heavy atom. The van der Waals surface area contributed by atoms with Gasteiger partial charge >= 0.3 is 15.6 Å². The maximum atomic E-state index is 8.63. The van der Waals surface area contributed by atoms with Crippen LogP contribution < -0.4 is 0 Å². The Morgan fingerprint density at radius 3 is 1.40 bits per heavy atom. The predicted molar refractivity (Wildman–Crippen MR) is 83.4 cm³/mol. The minimum Gasteiger partial charge on any atom is -0.508 e. The summed E-state index contributed by atoms with van der Waals surface area (Å²) in [6.07, 6.45) is 2.75. The minimum atomic E-state index is 0.00849. The normalized spacial score (nSPS) is 12.8. The summed E-state index contributed by atoms with van der Waals surface area (Å²) in [5.74, 6) is 0.644. The molecule has 0 bridgehead atoms. The molecule has 0 saturated carbocycles. The fourth-order valence-electron chi connectivity index (χ4n) is 1.54. The number of rotatable bonds is 0. The Bertz CT molecular complexity index is 381. The second-order valence-electron chi connectivity index (χ2n) is 4.34. The molecule has 1 saturated heterocycles. The number of phenolic OH excluding ortho intramolecular Hbond substituents is 2. The molecule has 1 aliphatic heterocycles. The highest BCUT2D eigenvalue weighted by atomic mass is 27.1. The van der Waals surface area contributed by atoms with E-state index in [2.05, 4.69) is 0 Å². The summed E-state index contributed by atoms with van der Waals surface area (Å²) >= 11 is 0.00849. The third-order valence-electron chi connectivity index (χ3n) is 2.59. The molecule has 0 aliphatic carbocycles. The van der Waals surface area contributed by atoms with Crippen LogP contribution in [-0.2, 0) is 3.79 Å². The maximum Gasteiger partial charge on any atom is 0.435 e. The molecule has 1 aliphatic rings. The highest BCUT2D eigenvalue weighted by molar-refractivity contribution is 6.27. The highest BCUT2D eigenvalue weighted by Crippen LogP contribution is 2.03. The van der Waals surface area contributed by atoms with Gasteiger partial charge in [0.15, 0.2) is 0 Å². The topological polar surface area (TPSA) is 49.7 Å². The lowest BCUT2D eigenvalue weighted by Crippen LogP contribution is -2.06. The van der Waals surface area contributed by atoms with Crippen LogP contribution in [0.3, 0.4) is 0 Å². The molecule has 3 nitrogen and oxygen atoms in total. The molecule has 2 N–H and O–H groups in total. The summed E-state index contributed by atoms with van der Waals surface area (Å²) in [5.41, 5.74) is 0. The first-order chi connectivity index (χ1) is 9.79. The summed E-state index contributed by atoms with van der Waals surface area (Å²) in [5, 5.41) is 18.7. The van der Waals surface area contributed by atoms with Crippen molar-refractivity contribution >= 4 is 15.6 Å². The number of hydrogen-bond acceptors (Lipinski definition) is 3. The molecule has 0 unspecified atom stereocenters. The number of para-hydroxylation sites is 2. The zero-order chi connectivity index (χ0) is 14.5. The van der Waals surface area contributed by atoms with E-state index in [1.807, 2.05) is 12.1 Å². The molecule has 0 radical (unpaired) electrons. The Balaban J connectivity index is 0.000000151. The summed E-state index contributed by atoms with van der Waals surface area (Å²) in [4.78, 5) is 0. The fourth-order valence-corrected chi connectivity index (χ4v) is 2.71. The molecule has 3 rings (SSSR count). The second-order valence-corrected chi connectivity index (χ2v) is 5.87. The van der Waals surface area contributed by atoms with Crippen LogP contribution in [0.25, 0.3) is 0 Å². The molecule has 0 spiro atoms. The molecule has 0 atom stereocenters. The average Bonchev–Trinajstić information content (AvgIpc) is 2.52. The van der Waals surface area contributed by atoms with Gasteiger partial charge in [0.25, 0.3) is 0 Å². The average molecular weight is 288 g/mol. The van der Waals surface area contributed by atoms with Gasteiger partial charge in [-0.1, -0.05) is 48.1 Å². The van der Waals surface area contributed by atoms with E-state index in [9.17, 15) is 0 Å². The first-order valence-corrected chi connectivity index (χ1v) is 8.42. The number of benzene rings is 2. The van der Waals surface area contributed by atoms with E-state index < -0.39 is 0 Å². The first-order valence-electron chi connectivity index (χ1n) is 6.85. The van der Waals surface area contributed by atoms with Crippen molar-refractivity contribution in [2.24, 2.45) is 0 Å². The van der Waals surface area contributed by atoms with Crippen LogP contribution in [0.15, 0.2) is 60.7 Å². The number of aromatic hydroxyl groups is 2. The van der Waals surface area contributed by atoms with Crippen LogP contribution in [0.5, 0.6) is 11.5 Å². The van der Waals surface area contributed by atoms with Crippen molar-refractivity contribution < 1.29 is 14.0 Å². The van der Waals surface area contributed by atoms with Crippen LogP contribution in [-0.4, -0.2) is 32.4 Å². The van der Waals surface area contributed by atoms with E-state index in [4.69, 9.17) is 14.0 Å². The van der Waals surface area contributed by atoms with Crippen molar-refractivity contribution in [3.05, 3.63) is 60.7 Å². The lowest BCUT2D eigenvalue weighted by Gasteiger charge is -2.06. The Labute approximate surface area is 126 Å². The summed E-state index contributed by atoms with van der Waals surface area (Å²) in [7, 11) is 0. The first kappa shape index (κ1) is 16.6. The standard InChI is InChI=1S/2C6H6O.C4H8O.Al.H/c2*7-6-4-2-1-3-5-6;1-2-3-4-5;;/h2*1-5,7H;1-4H2;;/q;;-1;+1;. The van der Waals surface area contributed by atoms with Crippen molar-refractivity contribution in [3.63, 3.8) is 0 Å². The second kappa shape index (κ2) is 11.4. The summed E-state index contributed by atoms with van der Waals surface area (Å²) in [6, 6.07) is 17.4. The van der Waals surface area contributed by atoms with E-state index in [0.29, 0.717) is 11.5 Å². The fraction of sp³-hybridized carbons (Fsp3) is 0.250. The van der Waals surface area contributed by atoms with Gasteiger partial charge in [0.2, 0.25) is 0 Å². The third kappa shape index (κ3) is 9.46. The zero-order valence-corrected chi connectivity index (χ0v) is 13.0. The molecule has 1 heterocycles. The quantitative estimate of drug-likeness (QED) is 0.731. The number of phenols is 2.